The zero-order valence-electron chi connectivity index (χ0n) is 20.1. The lowest BCUT2D eigenvalue weighted by Crippen LogP contribution is -2.16. The summed E-state index contributed by atoms with van der Waals surface area (Å²) >= 11 is 0. The molecule has 8 nitrogen and oxygen atoms in total. The van der Waals surface area contributed by atoms with Crippen LogP contribution < -0.4 is 14.8 Å². The quantitative estimate of drug-likeness (QED) is 0.318. The number of methoxy groups -OCH3 is 1. The van der Waals surface area contributed by atoms with Gasteiger partial charge in [0.1, 0.15) is 10.6 Å². The molecule has 9 heteroatoms. The monoisotopic (exact) mass is 503 g/mol. The van der Waals surface area contributed by atoms with E-state index in [0.29, 0.717) is 28.4 Å². The predicted molar refractivity (Wildman–Crippen MR) is 141 cm³/mol. The first-order valence-corrected chi connectivity index (χ1v) is 13.6. The van der Waals surface area contributed by atoms with Crippen molar-refractivity contribution < 1.29 is 13.2 Å². The Morgan fingerprint density at radius 3 is 2.39 bits per heavy atom. The zero-order chi connectivity index (χ0) is 25.0. The van der Waals surface area contributed by atoms with E-state index in [4.69, 9.17) is 4.74 Å². The van der Waals surface area contributed by atoms with Crippen molar-refractivity contribution in [3.05, 3.63) is 72.6 Å². The number of benzene rings is 2. The lowest BCUT2D eigenvalue weighted by molar-refractivity contribution is 0.356. The molecule has 1 aliphatic rings. The van der Waals surface area contributed by atoms with E-state index in [1.54, 1.807) is 19.2 Å². The first-order valence-electron chi connectivity index (χ1n) is 12.2. The summed E-state index contributed by atoms with van der Waals surface area (Å²) in [5.74, 6) is 1.74. The molecule has 0 spiro atoms. The van der Waals surface area contributed by atoms with Gasteiger partial charge in [0.2, 0.25) is 0 Å². The molecule has 0 aliphatic heterocycles. The average molecular weight is 504 g/mol. The van der Waals surface area contributed by atoms with Crippen LogP contribution >= 0.6 is 0 Å². The van der Waals surface area contributed by atoms with Crippen molar-refractivity contribution in [2.24, 2.45) is 5.92 Å². The maximum Gasteiger partial charge on any atom is 0.264 e. The maximum absolute atomic E-state index is 13.0. The van der Waals surface area contributed by atoms with E-state index in [9.17, 15) is 8.42 Å². The van der Waals surface area contributed by atoms with Gasteiger partial charge in [0.05, 0.1) is 23.8 Å². The van der Waals surface area contributed by atoms with Crippen LogP contribution in [0.5, 0.6) is 5.75 Å². The molecule has 0 atom stereocenters. The third-order valence-corrected chi connectivity index (χ3v) is 7.84. The summed E-state index contributed by atoms with van der Waals surface area (Å²) in [5, 5.41) is 3.25. The Morgan fingerprint density at radius 2 is 1.69 bits per heavy atom. The average Bonchev–Trinajstić information content (AvgIpc) is 2.90. The number of rotatable bonds is 8. The van der Waals surface area contributed by atoms with Crippen LogP contribution in [0.3, 0.4) is 0 Å². The van der Waals surface area contributed by atoms with Gasteiger partial charge in [-0.15, -0.1) is 0 Å². The molecule has 0 bridgehead atoms. The van der Waals surface area contributed by atoms with Gasteiger partial charge in [0, 0.05) is 12.4 Å². The van der Waals surface area contributed by atoms with Crippen LogP contribution in [0.25, 0.3) is 11.0 Å². The number of fused-ring (bicyclic) bond motifs is 1. The molecular formula is C27H29N5O3S. The highest BCUT2D eigenvalue weighted by molar-refractivity contribution is 7.92. The molecule has 0 radical (unpaired) electrons. The fourth-order valence-corrected chi connectivity index (χ4v) is 5.64. The van der Waals surface area contributed by atoms with Crippen molar-refractivity contribution >= 4 is 38.4 Å². The molecule has 1 aliphatic carbocycles. The molecule has 1 fully saturated rings. The first kappa shape index (κ1) is 24.0. The molecule has 0 amide bonds. The summed E-state index contributed by atoms with van der Waals surface area (Å²) in [5.41, 5.74) is 3.11. The fraction of sp³-hybridized carbons (Fsp3) is 0.296. The number of nitrogens with zero attached hydrogens (tertiary/aromatic N) is 3. The lowest BCUT2D eigenvalue weighted by atomic mass is 9.85. The number of sulfonamides is 1. The molecule has 4 aromatic rings. The third-order valence-electron chi connectivity index (χ3n) is 6.51. The molecule has 186 valence electrons. The normalized spacial score (nSPS) is 14.5. The summed E-state index contributed by atoms with van der Waals surface area (Å²) in [4.78, 5) is 13.2. The van der Waals surface area contributed by atoms with Crippen LogP contribution in [0, 0.1) is 5.92 Å². The number of hydrogen-bond acceptors (Lipinski definition) is 7. The van der Waals surface area contributed by atoms with Gasteiger partial charge < -0.3 is 10.1 Å². The third kappa shape index (κ3) is 5.41. The summed E-state index contributed by atoms with van der Waals surface area (Å²) in [6.07, 6.45) is 10.3. The van der Waals surface area contributed by atoms with E-state index in [1.807, 2.05) is 30.3 Å². The number of nitrogens with one attached hydrogen (secondary N) is 2. The van der Waals surface area contributed by atoms with Gasteiger partial charge in [-0.3, -0.25) is 9.71 Å². The molecule has 5 rings (SSSR count). The fourth-order valence-electron chi connectivity index (χ4n) is 4.67. The molecule has 0 saturated heterocycles. The van der Waals surface area contributed by atoms with Gasteiger partial charge in [-0.2, -0.15) is 0 Å². The molecule has 2 aromatic heterocycles. The number of hydrogen-bond donors (Lipinski definition) is 2. The van der Waals surface area contributed by atoms with Crippen LogP contribution in [0.15, 0.2) is 71.9 Å². The van der Waals surface area contributed by atoms with Gasteiger partial charge in [-0.1, -0.05) is 50.3 Å². The Bertz CT molecular complexity index is 1460. The lowest BCUT2D eigenvalue weighted by Gasteiger charge is -2.22. The minimum atomic E-state index is -3.92. The van der Waals surface area contributed by atoms with Crippen molar-refractivity contribution in [1.29, 1.82) is 0 Å². The number of para-hydroxylation sites is 2. The second-order valence-corrected chi connectivity index (χ2v) is 10.8. The van der Waals surface area contributed by atoms with Crippen LogP contribution in [-0.2, 0) is 16.4 Å². The zero-order valence-corrected chi connectivity index (χ0v) is 21.0. The Kier molecular flexibility index (Phi) is 6.99. The van der Waals surface area contributed by atoms with Crippen molar-refractivity contribution in [2.45, 2.75) is 43.4 Å². The number of aromatic nitrogens is 3. The molecule has 2 N–H and O–H groups in total. The van der Waals surface area contributed by atoms with Crippen molar-refractivity contribution in [1.82, 2.24) is 15.0 Å². The van der Waals surface area contributed by atoms with E-state index >= 15 is 0 Å². The second kappa shape index (κ2) is 10.5. The first-order chi connectivity index (χ1) is 17.5. The van der Waals surface area contributed by atoms with Crippen LogP contribution in [0.4, 0.5) is 17.3 Å². The standard InChI is InChI=1S/C27H29N5O3S/c1-35-25-17-20(16-19-8-3-2-4-9-19)13-14-24(25)31-26-27(30-23-12-6-5-11-22(23)29-26)32-36(33,34)21-10-7-15-28-18-21/h5-7,10-15,17-19H,2-4,8-9,16H2,1H3,(H,29,31)(H,30,32). The van der Waals surface area contributed by atoms with Crippen LogP contribution in [0.2, 0.25) is 0 Å². The van der Waals surface area contributed by atoms with Crippen molar-refractivity contribution in [2.75, 3.05) is 17.1 Å². The second-order valence-electron chi connectivity index (χ2n) is 9.07. The van der Waals surface area contributed by atoms with Crippen LogP contribution in [-0.4, -0.2) is 30.5 Å². The van der Waals surface area contributed by atoms with E-state index in [-0.39, 0.29) is 16.5 Å². The summed E-state index contributed by atoms with van der Waals surface area (Å²) < 4.78 is 34.3. The Hall–Kier alpha value is -3.72. The highest BCUT2D eigenvalue weighted by Gasteiger charge is 2.20. The van der Waals surface area contributed by atoms with Gasteiger partial charge in [0.25, 0.3) is 10.0 Å². The van der Waals surface area contributed by atoms with E-state index < -0.39 is 10.0 Å². The Balaban J connectivity index is 1.47. The maximum atomic E-state index is 13.0. The largest absolute Gasteiger partial charge is 0.495 e. The van der Waals surface area contributed by atoms with Crippen molar-refractivity contribution in [3.8, 4) is 5.75 Å². The number of anilines is 3. The SMILES string of the molecule is COc1cc(CC2CCCCC2)ccc1Nc1nc2ccccc2nc1NS(=O)(=O)c1cccnc1. The topological polar surface area (TPSA) is 106 Å². The smallest absolute Gasteiger partial charge is 0.264 e. The minimum Gasteiger partial charge on any atom is -0.495 e. The molecule has 2 heterocycles. The molecule has 2 aromatic carbocycles. The molecular weight excluding hydrogens is 474 g/mol. The minimum absolute atomic E-state index is 0.0376. The van der Waals surface area contributed by atoms with Crippen molar-refractivity contribution in [3.63, 3.8) is 0 Å². The van der Waals surface area contributed by atoms with Gasteiger partial charge in [0.15, 0.2) is 11.6 Å². The summed E-state index contributed by atoms with van der Waals surface area (Å²) in [7, 11) is -2.29. The molecule has 36 heavy (non-hydrogen) atoms. The Morgan fingerprint density at radius 1 is 0.944 bits per heavy atom. The molecule has 1 saturated carbocycles. The van der Waals surface area contributed by atoms with Gasteiger partial charge >= 0.3 is 0 Å². The van der Waals surface area contributed by atoms with Gasteiger partial charge in [-0.25, -0.2) is 18.4 Å². The number of pyridine rings is 1. The Labute approximate surface area is 211 Å². The summed E-state index contributed by atoms with van der Waals surface area (Å²) in [6.45, 7) is 0. The highest BCUT2D eigenvalue weighted by Crippen LogP contribution is 2.34. The highest BCUT2D eigenvalue weighted by atomic mass is 32.2. The molecule has 0 unspecified atom stereocenters. The predicted octanol–water partition coefficient (Wildman–Crippen LogP) is 5.70. The van der Waals surface area contributed by atoms with E-state index in [1.165, 1.54) is 56.1 Å². The van der Waals surface area contributed by atoms with Crippen LogP contribution in [0.1, 0.15) is 37.7 Å². The van der Waals surface area contributed by atoms with Gasteiger partial charge in [-0.05, 0) is 54.3 Å². The van der Waals surface area contributed by atoms with E-state index in [0.717, 1.165) is 6.42 Å². The van der Waals surface area contributed by atoms with E-state index in [2.05, 4.69) is 31.1 Å². The number of ether oxygens (including phenoxy) is 1. The summed E-state index contributed by atoms with van der Waals surface area (Å²) in [6, 6.07) is 16.4.